The second-order valence-corrected chi connectivity index (χ2v) is 4.10. The molecule has 0 aliphatic rings. The van der Waals surface area contributed by atoms with Gasteiger partial charge in [0, 0.05) is 11.8 Å². The van der Waals surface area contributed by atoms with Crippen LogP contribution in [0.4, 0.5) is 0 Å². The van der Waals surface area contributed by atoms with Crippen molar-refractivity contribution in [1.29, 1.82) is 0 Å². The molecule has 0 bridgehead atoms. The summed E-state index contributed by atoms with van der Waals surface area (Å²) in [6.07, 6.45) is 0. The number of aryl methyl sites for hydroxylation is 2. The van der Waals surface area contributed by atoms with Crippen molar-refractivity contribution in [2.75, 3.05) is 6.61 Å². The fourth-order valence-electron chi connectivity index (χ4n) is 1.81. The summed E-state index contributed by atoms with van der Waals surface area (Å²) in [5, 5.41) is 0. The average molecular weight is 244 g/mol. The first-order chi connectivity index (χ1) is 8.66. The zero-order chi connectivity index (χ0) is 13.0. The highest BCUT2D eigenvalue weighted by atomic mass is 16.5. The topological polar surface area (TPSA) is 44.1 Å². The first-order valence-electron chi connectivity index (χ1n) is 5.90. The molecule has 0 spiro atoms. The van der Waals surface area contributed by atoms with E-state index in [4.69, 9.17) is 4.74 Å². The number of benzene rings is 1. The van der Waals surface area contributed by atoms with Crippen LogP contribution in [0.25, 0.3) is 0 Å². The summed E-state index contributed by atoms with van der Waals surface area (Å²) < 4.78 is 7.18. The Morgan fingerprint density at radius 3 is 2.61 bits per heavy atom. The lowest BCUT2D eigenvalue weighted by atomic mass is 10.3. The second-order valence-electron chi connectivity index (χ2n) is 4.10. The van der Waals surface area contributed by atoms with Gasteiger partial charge >= 0.3 is 0 Å². The van der Waals surface area contributed by atoms with E-state index in [1.807, 2.05) is 44.2 Å². The molecule has 0 fully saturated rings. The Bertz CT molecular complexity index is 576. The summed E-state index contributed by atoms with van der Waals surface area (Å²) in [6, 6.07) is 11.1. The number of nitrogens with zero attached hydrogens (tertiary/aromatic N) is 2. The molecule has 0 saturated heterocycles. The SMILES string of the molecule is Cc1cc(=O)n(CCOc2ccccc2)c(C)n1. The lowest BCUT2D eigenvalue weighted by Crippen LogP contribution is -2.26. The van der Waals surface area contributed by atoms with Crippen LogP contribution in [-0.4, -0.2) is 16.2 Å². The summed E-state index contributed by atoms with van der Waals surface area (Å²) in [7, 11) is 0. The predicted molar refractivity (Wildman–Crippen MR) is 69.9 cm³/mol. The van der Waals surface area contributed by atoms with Crippen LogP contribution in [0.1, 0.15) is 11.5 Å². The zero-order valence-corrected chi connectivity index (χ0v) is 10.6. The lowest BCUT2D eigenvalue weighted by Gasteiger charge is -2.10. The van der Waals surface area contributed by atoms with Gasteiger partial charge in [-0.25, -0.2) is 4.98 Å². The molecule has 2 rings (SSSR count). The van der Waals surface area contributed by atoms with Gasteiger partial charge in [0.25, 0.3) is 5.56 Å². The van der Waals surface area contributed by atoms with Crippen molar-refractivity contribution in [3.05, 3.63) is 58.3 Å². The molecule has 4 nitrogen and oxygen atoms in total. The van der Waals surface area contributed by atoms with Gasteiger partial charge in [-0.15, -0.1) is 0 Å². The van der Waals surface area contributed by atoms with E-state index in [1.54, 1.807) is 4.57 Å². The van der Waals surface area contributed by atoms with Crippen molar-refractivity contribution in [3.63, 3.8) is 0 Å². The monoisotopic (exact) mass is 244 g/mol. The van der Waals surface area contributed by atoms with Crippen LogP contribution in [0, 0.1) is 13.8 Å². The van der Waals surface area contributed by atoms with E-state index in [2.05, 4.69) is 4.98 Å². The maximum atomic E-state index is 11.8. The molecule has 1 aromatic carbocycles. The van der Waals surface area contributed by atoms with E-state index in [1.165, 1.54) is 6.07 Å². The fourth-order valence-corrected chi connectivity index (χ4v) is 1.81. The highest BCUT2D eigenvalue weighted by molar-refractivity contribution is 5.20. The molecule has 0 amide bonds. The molecule has 2 aromatic rings. The Balaban J connectivity index is 2.01. The summed E-state index contributed by atoms with van der Waals surface area (Å²) in [4.78, 5) is 16.0. The third-order valence-electron chi connectivity index (χ3n) is 2.65. The van der Waals surface area contributed by atoms with Crippen LogP contribution in [0.15, 0.2) is 41.2 Å². The Labute approximate surface area is 106 Å². The van der Waals surface area contributed by atoms with E-state index in [9.17, 15) is 4.79 Å². The molecule has 0 aliphatic carbocycles. The van der Waals surface area contributed by atoms with Crippen LogP contribution in [-0.2, 0) is 6.54 Å². The van der Waals surface area contributed by atoms with Crippen LogP contribution < -0.4 is 10.3 Å². The molecule has 1 aromatic heterocycles. The molecule has 0 N–H and O–H groups in total. The number of hydrogen-bond donors (Lipinski definition) is 0. The van der Waals surface area contributed by atoms with E-state index in [-0.39, 0.29) is 5.56 Å². The molecule has 0 saturated carbocycles. The maximum absolute atomic E-state index is 11.8. The van der Waals surface area contributed by atoms with Crippen molar-refractivity contribution in [2.24, 2.45) is 0 Å². The number of rotatable bonds is 4. The molecular weight excluding hydrogens is 228 g/mol. The van der Waals surface area contributed by atoms with Gasteiger partial charge in [-0.2, -0.15) is 0 Å². The molecule has 0 unspecified atom stereocenters. The first kappa shape index (κ1) is 12.4. The normalized spacial score (nSPS) is 10.3. The summed E-state index contributed by atoms with van der Waals surface area (Å²) in [5.41, 5.74) is 0.717. The third kappa shape index (κ3) is 2.97. The number of ether oxygens (including phenoxy) is 1. The minimum atomic E-state index is -0.0309. The summed E-state index contributed by atoms with van der Waals surface area (Å²) >= 11 is 0. The summed E-state index contributed by atoms with van der Waals surface area (Å²) in [6.45, 7) is 4.61. The highest BCUT2D eigenvalue weighted by Gasteiger charge is 2.02. The molecule has 0 radical (unpaired) electrons. The average Bonchev–Trinajstić information content (AvgIpc) is 2.34. The van der Waals surface area contributed by atoms with Gasteiger partial charge in [0.05, 0.1) is 6.54 Å². The van der Waals surface area contributed by atoms with Crippen molar-refractivity contribution in [2.45, 2.75) is 20.4 Å². The third-order valence-corrected chi connectivity index (χ3v) is 2.65. The van der Waals surface area contributed by atoms with Gasteiger partial charge in [-0.1, -0.05) is 18.2 Å². The van der Waals surface area contributed by atoms with Crippen LogP contribution >= 0.6 is 0 Å². The van der Waals surface area contributed by atoms with Crippen LogP contribution in [0.5, 0.6) is 5.75 Å². The smallest absolute Gasteiger partial charge is 0.253 e. The Morgan fingerprint density at radius 2 is 1.94 bits per heavy atom. The Hall–Kier alpha value is -2.10. The van der Waals surface area contributed by atoms with Gasteiger partial charge in [0.1, 0.15) is 18.2 Å². The number of aromatic nitrogens is 2. The van der Waals surface area contributed by atoms with Gasteiger partial charge in [-0.05, 0) is 26.0 Å². The zero-order valence-electron chi connectivity index (χ0n) is 10.6. The van der Waals surface area contributed by atoms with Gasteiger partial charge in [0.2, 0.25) is 0 Å². The fraction of sp³-hybridized carbons (Fsp3) is 0.286. The highest BCUT2D eigenvalue weighted by Crippen LogP contribution is 2.08. The van der Waals surface area contributed by atoms with Crippen LogP contribution in [0.3, 0.4) is 0 Å². The quantitative estimate of drug-likeness (QED) is 0.825. The van der Waals surface area contributed by atoms with E-state index in [0.29, 0.717) is 13.2 Å². The predicted octanol–water partition coefficient (Wildman–Crippen LogP) is 1.94. The molecular formula is C14H16N2O2. The molecule has 0 atom stereocenters. The maximum Gasteiger partial charge on any atom is 0.253 e. The molecule has 18 heavy (non-hydrogen) atoms. The molecule has 4 heteroatoms. The van der Waals surface area contributed by atoms with Crippen molar-refractivity contribution >= 4 is 0 Å². The van der Waals surface area contributed by atoms with E-state index >= 15 is 0 Å². The first-order valence-corrected chi connectivity index (χ1v) is 5.90. The minimum Gasteiger partial charge on any atom is -0.492 e. The van der Waals surface area contributed by atoms with Gasteiger partial charge < -0.3 is 4.74 Å². The van der Waals surface area contributed by atoms with Crippen molar-refractivity contribution in [1.82, 2.24) is 9.55 Å². The van der Waals surface area contributed by atoms with Gasteiger partial charge in [-0.3, -0.25) is 9.36 Å². The molecule has 1 heterocycles. The number of hydrogen-bond acceptors (Lipinski definition) is 3. The van der Waals surface area contributed by atoms with Crippen molar-refractivity contribution < 1.29 is 4.74 Å². The minimum absolute atomic E-state index is 0.0309. The Morgan fingerprint density at radius 1 is 1.22 bits per heavy atom. The Kier molecular flexibility index (Phi) is 3.77. The number of para-hydroxylation sites is 1. The van der Waals surface area contributed by atoms with Crippen molar-refractivity contribution in [3.8, 4) is 5.75 Å². The standard InChI is InChI=1S/C14H16N2O2/c1-11-10-14(17)16(12(2)15-11)8-9-18-13-6-4-3-5-7-13/h3-7,10H,8-9H2,1-2H3. The molecule has 0 aliphatic heterocycles. The van der Waals surface area contributed by atoms with E-state index < -0.39 is 0 Å². The van der Waals surface area contributed by atoms with Gasteiger partial charge in [0.15, 0.2) is 0 Å². The lowest BCUT2D eigenvalue weighted by molar-refractivity contribution is 0.294. The largest absolute Gasteiger partial charge is 0.492 e. The van der Waals surface area contributed by atoms with E-state index in [0.717, 1.165) is 17.3 Å². The second kappa shape index (κ2) is 5.49. The summed E-state index contributed by atoms with van der Waals surface area (Å²) in [5.74, 6) is 1.53. The van der Waals surface area contributed by atoms with Crippen LogP contribution in [0.2, 0.25) is 0 Å². The molecule has 94 valence electrons.